The molecule has 0 aliphatic heterocycles. The van der Waals surface area contributed by atoms with Gasteiger partial charge in [-0.3, -0.25) is 9.89 Å². The molecule has 0 atom stereocenters. The first-order chi connectivity index (χ1) is 8.24. The molecule has 1 heterocycles. The number of H-pyrrole nitrogens is 1. The molecular weight excluding hydrogens is 241 g/mol. The number of rotatable bonds is 5. The fourth-order valence-corrected chi connectivity index (χ4v) is 1.93. The lowest BCUT2D eigenvalue weighted by molar-refractivity contribution is -0.116. The number of nitrogens with zero attached hydrogens (tertiary/aromatic N) is 2. The van der Waals surface area contributed by atoms with Gasteiger partial charge < -0.3 is 0 Å². The summed E-state index contributed by atoms with van der Waals surface area (Å²) >= 11 is 1.30. The zero-order valence-corrected chi connectivity index (χ0v) is 9.71. The van der Waals surface area contributed by atoms with Crippen LogP contribution >= 0.6 is 11.8 Å². The molecule has 0 aliphatic rings. The Morgan fingerprint density at radius 3 is 2.76 bits per heavy atom. The summed E-state index contributed by atoms with van der Waals surface area (Å²) < 4.78 is 12.6. The van der Waals surface area contributed by atoms with E-state index in [0.717, 1.165) is 5.56 Å². The van der Waals surface area contributed by atoms with E-state index in [0.29, 0.717) is 17.3 Å². The van der Waals surface area contributed by atoms with Crippen molar-refractivity contribution in [3.8, 4) is 0 Å². The zero-order valence-electron chi connectivity index (χ0n) is 8.89. The largest absolute Gasteiger partial charge is 0.298 e. The van der Waals surface area contributed by atoms with Gasteiger partial charge in [-0.15, -0.1) is 0 Å². The zero-order chi connectivity index (χ0) is 12.1. The number of halogens is 1. The number of ketones is 1. The normalized spacial score (nSPS) is 10.4. The van der Waals surface area contributed by atoms with Gasteiger partial charge in [-0.05, 0) is 17.7 Å². The molecule has 1 aromatic heterocycles. The SMILES string of the molecule is O=C(CSc1ncn[nH]1)Cc1ccc(F)cc1. The monoisotopic (exact) mass is 251 g/mol. The molecule has 88 valence electrons. The van der Waals surface area contributed by atoms with Crippen LogP contribution in [0.2, 0.25) is 0 Å². The number of nitrogens with one attached hydrogen (secondary N) is 1. The highest BCUT2D eigenvalue weighted by atomic mass is 32.2. The van der Waals surface area contributed by atoms with Crippen molar-refractivity contribution in [3.05, 3.63) is 42.0 Å². The number of aromatic amines is 1. The van der Waals surface area contributed by atoms with Crippen LogP contribution in [-0.4, -0.2) is 26.7 Å². The highest BCUT2D eigenvalue weighted by molar-refractivity contribution is 7.99. The van der Waals surface area contributed by atoms with Gasteiger partial charge in [-0.2, -0.15) is 5.10 Å². The highest BCUT2D eigenvalue weighted by Crippen LogP contribution is 2.12. The summed E-state index contributed by atoms with van der Waals surface area (Å²) in [6.45, 7) is 0. The minimum absolute atomic E-state index is 0.0676. The third-order valence-electron chi connectivity index (χ3n) is 2.08. The first-order valence-electron chi connectivity index (χ1n) is 4.98. The molecular formula is C11H10FN3OS. The molecule has 1 N–H and O–H groups in total. The molecule has 0 amide bonds. The van der Waals surface area contributed by atoms with Crippen LogP contribution in [0.15, 0.2) is 35.7 Å². The van der Waals surface area contributed by atoms with Crippen LogP contribution in [0.4, 0.5) is 4.39 Å². The van der Waals surface area contributed by atoms with E-state index in [1.165, 1.54) is 30.2 Å². The first-order valence-corrected chi connectivity index (χ1v) is 5.97. The molecule has 0 fully saturated rings. The fourth-order valence-electron chi connectivity index (χ4n) is 1.29. The van der Waals surface area contributed by atoms with E-state index < -0.39 is 0 Å². The fraction of sp³-hybridized carbons (Fsp3) is 0.182. The van der Waals surface area contributed by atoms with Gasteiger partial charge in [-0.1, -0.05) is 23.9 Å². The second-order valence-corrected chi connectivity index (χ2v) is 4.39. The number of carbonyl (C=O) groups excluding carboxylic acids is 1. The molecule has 2 aromatic rings. The van der Waals surface area contributed by atoms with Gasteiger partial charge in [0, 0.05) is 6.42 Å². The van der Waals surface area contributed by atoms with E-state index in [9.17, 15) is 9.18 Å². The first kappa shape index (κ1) is 11.8. The highest BCUT2D eigenvalue weighted by Gasteiger charge is 2.06. The van der Waals surface area contributed by atoms with Crippen molar-refractivity contribution >= 4 is 17.5 Å². The minimum Gasteiger partial charge on any atom is -0.298 e. The maximum Gasteiger partial charge on any atom is 0.183 e. The van der Waals surface area contributed by atoms with Gasteiger partial charge in [0.15, 0.2) is 5.16 Å². The standard InChI is InChI=1S/C11H10FN3OS/c12-9-3-1-8(2-4-9)5-10(16)6-17-11-13-7-14-15-11/h1-4,7H,5-6H2,(H,13,14,15). The van der Waals surface area contributed by atoms with Crippen molar-refractivity contribution in [2.75, 3.05) is 5.75 Å². The summed E-state index contributed by atoms with van der Waals surface area (Å²) in [4.78, 5) is 15.5. The Labute approximate surface area is 102 Å². The maximum absolute atomic E-state index is 12.6. The van der Waals surface area contributed by atoms with Gasteiger partial charge in [0.1, 0.15) is 17.9 Å². The van der Waals surface area contributed by atoms with Crippen LogP contribution in [0.25, 0.3) is 0 Å². The molecule has 0 aliphatic carbocycles. The van der Waals surface area contributed by atoms with E-state index in [1.807, 2.05) is 0 Å². The second kappa shape index (κ2) is 5.58. The summed E-state index contributed by atoms with van der Waals surface area (Å²) in [7, 11) is 0. The van der Waals surface area contributed by atoms with Crippen molar-refractivity contribution in [2.45, 2.75) is 11.6 Å². The van der Waals surface area contributed by atoms with Crippen LogP contribution in [0, 0.1) is 5.82 Å². The lowest BCUT2D eigenvalue weighted by Crippen LogP contribution is -2.05. The summed E-state index contributed by atoms with van der Waals surface area (Å²) in [6.07, 6.45) is 1.70. The van der Waals surface area contributed by atoms with Gasteiger partial charge in [0.25, 0.3) is 0 Å². The Hall–Kier alpha value is -1.69. The van der Waals surface area contributed by atoms with Gasteiger partial charge >= 0.3 is 0 Å². The Morgan fingerprint density at radius 1 is 1.35 bits per heavy atom. The summed E-state index contributed by atoms with van der Waals surface area (Å²) in [5, 5.41) is 6.97. The lowest BCUT2D eigenvalue weighted by atomic mass is 10.1. The predicted molar refractivity (Wildman–Crippen MR) is 62.2 cm³/mol. The number of thioether (sulfide) groups is 1. The maximum atomic E-state index is 12.6. The lowest BCUT2D eigenvalue weighted by Gasteiger charge is -2.00. The summed E-state index contributed by atoms with van der Waals surface area (Å²) in [6, 6.07) is 5.94. The molecule has 17 heavy (non-hydrogen) atoms. The number of Topliss-reactive ketones (excluding diaryl/α,β-unsaturated/α-hetero) is 1. The molecule has 0 radical (unpaired) electrons. The third-order valence-corrected chi connectivity index (χ3v) is 3.01. The van der Waals surface area contributed by atoms with Crippen LogP contribution in [-0.2, 0) is 11.2 Å². The third kappa shape index (κ3) is 3.67. The molecule has 0 saturated carbocycles. The molecule has 0 bridgehead atoms. The van der Waals surface area contributed by atoms with E-state index >= 15 is 0 Å². The van der Waals surface area contributed by atoms with Crippen LogP contribution in [0.1, 0.15) is 5.56 Å². The molecule has 2 rings (SSSR count). The van der Waals surface area contributed by atoms with E-state index in [2.05, 4.69) is 15.2 Å². The van der Waals surface area contributed by atoms with E-state index in [4.69, 9.17) is 0 Å². The van der Waals surface area contributed by atoms with E-state index in [1.54, 1.807) is 12.1 Å². The predicted octanol–water partition coefficient (Wildman–Crippen LogP) is 1.85. The molecule has 6 heteroatoms. The topological polar surface area (TPSA) is 58.6 Å². The van der Waals surface area contributed by atoms with Crippen molar-refractivity contribution < 1.29 is 9.18 Å². The van der Waals surface area contributed by atoms with E-state index in [-0.39, 0.29) is 11.6 Å². The summed E-state index contributed by atoms with van der Waals surface area (Å²) in [5.41, 5.74) is 0.814. The number of hydrogen-bond acceptors (Lipinski definition) is 4. The average Bonchev–Trinajstić information content (AvgIpc) is 2.83. The van der Waals surface area contributed by atoms with Gasteiger partial charge in [-0.25, -0.2) is 9.37 Å². The van der Waals surface area contributed by atoms with Gasteiger partial charge in [0.05, 0.1) is 5.75 Å². The number of hydrogen-bond donors (Lipinski definition) is 1. The molecule has 0 unspecified atom stereocenters. The smallest absolute Gasteiger partial charge is 0.183 e. The number of benzene rings is 1. The molecule has 4 nitrogen and oxygen atoms in total. The van der Waals surface area contributed by atoms with Gasteiger partial charge in [0.2, 0.25) is 0 Å². The van der Waals surface area contributed by atoms with Crippen molar-refractivity contribution in [1.29, 1.82) is 0 Å². The molecule has 0 spiro atoms. The van der Waals surface area contributed by atoms with Crippen LogP contribution in [0.5, 0.6) is 0 Å². The quantitative estimate of drug-likeness (QED) is 0.824. The van der Waals surface area contributed by atoms with Crippen molar-refractivity contribution in [1.82, 2.24) is 15.2 Å². The Balaban J connectivity index is 1.83. The molecule has 1 aromatic carbocycles. The van der Waals surface area contributed by atoms with Crippen molar-refractivity contribution in [3.63, 3.8) is 0 Å². The second-order valence-electron chi connectivity index (χ2n) is 3.42. The Morgan fingerprint density at radius 2 is 2.12 bits per heavy atom. The number of carbonyl (C=O) groups is 1. The Bertz CT molecular complexity index is 484. The summed E-state index contributed by atoms with van der Waals surface area (Å²) in [5.74, 6) is 0.0993. The van der Waals surface area contributed by atoms with Crippen LogP contribution in [0.3, 0.4) is 0 Å². The van der Waals surface area contributed by atoms with Crippen molar-refractivity contribution in [2.24, 2.45) is 0 Å². The molecule has 0 saturated heterocycles. The number of aromatic nitrogens is 3. The van der Waals surface area contributed by atoms with Crippen LogP contribution < -0.4 is 0 Å². The minimum atomic E-state index is -0.294. The average molecular weight is 251 g/mol. The Kier molecular flexibility index (Phi) is 3.87.